The predicted molar refractivity (Wildman–Crippen MR) is 84.3 cm³/mol. The molecule has 0 aliphatic carbocycles. The summed E-state index contributed by atoms with van der Waals surface area (Å²) in [5, 5.41) is 18.8. The van der Waals surface area contributed by atoms with E-state index in [0.29, 0.717) is 29.6 Å². The van der Waals surface area contributed by atoms with Crippen molar-refractivity contribution in [1.82, 2.24) is 20.1 Å². The molecule has 0 aliphatic rings. The number of anilines is 1. The van der Waals surface area contributed by atoms with Gasteiger partial charge in [-0.3, -0.25) is 5.32 Å². The van der Waals surface area contributed by atoms with Crippen molar-refractivity contribution in [2.45, 2.75) is 13.3 Å². The van der Waals surface area contributed by atoms with Gasteiger partial charge in [0.25, 0.3) is 0 Å². The number of nitrogens with zero attached hydrogens (tertiary/aromatic N) is 3. The Morgan fingerprint density at radius 2 is 2.32 bits per heavy atom. The number of hydrogen-bond donors (Lipinski definition) is 3. The van der Waals surface area contributed by atoms with Crippen molar-refractivity contribution in [3.05, 3.63) is 35.6 Å². The summed E-state index contributed by atoms with van der Waals surface area (Å²) in [6, 6.07) is 4.76. The van der Waals surface area contributed by atoms with Crippen LogP contribution in [0.2, 0.25) is 5.02 Å². The standard InChI is InChI=1S/C14H18ClN5O2/c1-10(5-8-21)9-17-14(22)18-12-4-7-20(19-12)13-11(15)3-2-6-16-13/h2-4,6-7,10,21H,5,8-9H2,1H3,(H2,17,18,19,22). The number of aliphatic hydroxyl groups excluding tert-OH is 1. The Labute approximate surface area is 133 Å². The summed E-state index contributed by atoms with van der Waals surface area (Å²) in [4.78, 5) is 15.9. The minimum atomic E-state index is -0.345. The minimum Gasteiger partial charge on any atom is -0.396 e. The van der Waals surface area contributed by atoms with E-state index < -0.39 is 0 Å². The highest BCUT2D eigenvalue weighted by atomic mass is 35.5. The molecule has 22 heavy (non-hydrogen) atoms. The van der Waals surface area contributed by atoms with Crippen LogP contribution in [0.1, 0.15) is 13.3 Å². The van der Waals surface area contributed by atoms with Crippen LogP contribution in [0.15, 0.2) is 30.6 Å². The summed E-state index contributed by atoms with van der Waals surface area (Å²) in [5.74, 6) is 1.10. The minimum absolute atomic E-state index is 0.111. The first-order valence-electron chi connectivity index (χ1n) is 6.92. The van der Waals surface area contributed by atoms with Gasteiger partial charge in [-0.2, -0.15) is 0 Å². The summed E-state index contributed by atoms with van der Waals surface area (Å²) in [6.45, 7) is 2.55. The van der Waals surface area contributed by atoms with Crippen molar-refractivity contribution in [3.8, 4) is 5.82 Å². The molecule has 7 nitrogen and oxygen atoms in total. The maximum Gasteiger partial charge on any atom is 0.320 e. The number of urea groups is 1. The molecule has 0 saturated heterocycles. The van der Waals surface area contributed by atoms with E-state index in [1.54, 1.807) is 30.6 Å². The lowest BCUT2D eigenvalue weighted by molar-refractivity contribution is 0.243. The summed E-state index contributed by atoms with van der Waals surface area (Å²) in [6.07, 6.45) is 3.93. The molecule has 3 N–H and O–H groups in total. The van der Waals surface area contributed by atoms with Crippen LogP contribution in [0.25, 0.3) is 5.82 Å². The molecule has 2 heterocycles. The van der Waals surface area contributed by atoms with E-state index in [0.717, 1.165) is 0 Å². The number of rotatable bonds is 6. The summed E-state index contributed by atoms with van der Waals surface area (Å²) in [7, 11) is 0. The number of carbonyl (C=O) groups excluding carboxylic acids is 1. The predicted octanol–water partition coefficient (Wildman–Crippen LogP) is 2.06. The molecule has 8 heteroatoms. The summed E-state index contributed by atoms with van der Waals surface area (Å²) in [5.41, 5.74) is 0. The first-order chi connectivity index (χ1) is 10.6. The van der Waals surface area contributed by atoms with E-state index in [2.05, 4.69) is 20.7 Å². The Bertz CT molecular complexity index is 631. The SMILES string of the molecule is CC(CCO)CNC(=O)Nc1ccn(-c2ncccc2Cl)n1. The van der Waals surface area contributed by atoms with Gasteiger partial charge in [0.05, 0.1) is 5.02 Å². The van der Waals surface area contributed by atoms with Crippen molar-refractivity contribution in [2.24, 2.45) is 5.92 Å². The molecular formula is C14H18ClN5O2. The fourth-order valence-corrected chi connectivity index (χ4v) is 2.01. The molecule has 118 valence electrons. The lowest BCUT2D eigenvalue weighted by Gasteiger charge is -2.11. The first kappa shape index (κ1) is 16.3. The van der Waals surface area contributed by atoms with E-state index in [9.17, 15) is 4.79 Å². The van der Waals surface area contributed by atoms with Gasteiger partial charge in [-0.1, -0.05) is 18.5 Å². The fraction of sp³-hybridized carbons (Fsp3) is 0.357. The second kappa shape index (κ2) is 7.77. The van der Waals surface area contributed by atoms with E-state index in [4.69, 9.17) is 16.7 Å². The van der Waals surface area contributed by atoms with Crippen LogP contribution in [0, 0.1) is 5.92 Å². The van der Waals surface area contributed by atoms with Gasteiger partial charge in [0.2, 0.25) is 0 Å². The van der Waals surface area contributed by atoms with Crippen molar-refractivity contribution in [3.63, 3.8) is 0 Å². The lowest BCUT2D eigenvalue weighted by Crippen LogP contribution is -2.32. The molecule has 1 unspecified atom stereocenters. The Morgan fingerprint density at radius 3 is 3.05 bits per heavy atom. The van der Waals surface area contributed by atoms with Crippen LogP contribution >= 0.6 is 11.6 Å². The van der Waals surface area contributed by atoms with E-state index in [1.165, 1.54) is 4.68 Å². The van der Waals surface area contributed by atoms with Crippen LogP contribution in [0.5, 0.6) is 0 Å². The number of halogens is 1. The smallest absolute Gasteiger partial charge is 0.320 e. The zero-order valence-electron chi connectivity index (χ0n) is 12.2. The molecule has 0 bridgehead atoms. The Morgan fingerprint density at radius 1 is 1.50 bits per heavy atom. The van der Waals surface area contributed by atoms with Gasteiger partial charge in [-0.15, -0.1) is 5.10 Å². The van der Waals surface area contributed by atoms with E-state index in [1.807, 2.05) is 6.92 Å². The quantitative estimate of drug-likeness (QED) is 0.758. The van der Waals surface area contributed by atoms with Gasteiger partial charge in [0, 0.05) is 31.6 Å². The molecule has 2 aromatic heterocycles. The molecular weight excluding hydrogens is 306 g/mol. The fourth-order valence-electron chi connectivity index (χ4n) is 1.80. The number of amides is 2. The molecule has 0 fully saturated rings. The number of aliphatic hydroxyl groups is 1. The highest BCUT2D eigenvalue weighted by Crippen LogP contribution is 2.17. The van der Waals surface area contributed by atoms with Gasteiger partial charge in [0.15, 0.2) is 11.6 Å². The topological polar surface area (TPSA) is 92.1 Å². The summed E-state index contributed by atoms with van der Waals surface area (Å²) < 4.78 is 1.49. The van der Waals surface area contributed by atoms with Crippen molar-refractivity contribution in [2.75, 3.05) is 18.5 Å². The van der Waals surface area contributed by atoms with Crippen molar-refractivity contribution in [1.29, 1.82) is 0 Å². The second-order valence-electron chi connectivity index (χ2n) is 4.91. The second-order valence-corrected chi connectivity index (χ2v) is 5.31. The zero-order valence-corrected chi connectivity index (χ0v) is 12.9. The maximum atomic E-state index is 11.8. The van der Waals surface area contributed by atoms with Gasteiger partial charge in [0.1, 0.15) is 0 Å². The molecule has 2 rings (SSSR count). The largest absolute Gasteiger partial charge is 0.396 e. The zero-order chi connectivity index (χ0) is 15.9. The summed E-state index contributed by atoms with van der Waals surface area (Å²) >= 11 is 6.04. The lowest BCUT2D eigenvalue weighted by atomic mass is 10.1. The molecule has 0 aliphatic heterocycles. The normalized spacial score (nSPS) is 12.0. The third kappa shape index (κ3) is 4.44. The van der Waals surface area contributed by atoms with Crippen LogP contribution < -0.4 is 10.6 Å². The van der Waals surface area contributed by atoms with Crippen LogP contribution in [0.4, 0.5) is 10.6 Å². The highest BCUT2D eigenvalue weighted by Gasteiger charge is 2.09. The molecule has 2 amide bonds. The monoisotopic (exact) mass is 323 g/mol. The molecule has 0 aromatic carbocycles. The van der Waals surface area contributed by atoms with Gasteiger partial charge >= 0.3 is 6.03 Å². The third-order valence-electron chi connectivity index (χ3n) is 3.02. The van der Waals surface area contributed by atoms with Crippen LogP contribution in [0.3, 0.4) is 0 Å². The molecule has 2 aromatic rings. The number of pyridine rings is 1. The number of aromatic nitrogens is 3. The maximum absolute atomic E-state index is 11.8. The highest BCUT2D eigenvalue weighted by molar-refractivity contribution is 6.32. The van der Waals surface area contributed by atoms with Gasteiger partial charge in [-0.05, 0) is 24.5 Å². The van der Waals surface area contributed by atoms with E-state index >= 15 is 0 Å². The van der Waals surface area contributed by atoms with Crippen molar-refractivity contribution >= 4 is 23.4 Å². The molecule has 0 radical (unpaired) electrons. The van der Waals surface area contributed by atoms with E-state index in [-0.39, 0.29) is 18.6 Å². The molecule has 0 spiro atoms. The average molecular weight is 324 g/mol. The Kier molecular flexibility index (Phi) is 5.74. The number of carbonyl (C=O) groups is 1. The molecule has 1 atom stereocenters. The average Bonchev–Trinajstić information content (AvgIpc) is 2.94. The van der Waals surface area contributed by atoms with Crippen LogP contribution in [-0.4, -0.2) is 39.1 Å². The Hall–Kier alpha value is -2.12. The third-order valence-corrected chi connectivity index (χ3v) is 3.31. The number of nitrogens with one attached hydrogen (secondary N) is 2. The first-order valence-corrected chi connectivity index (χ1v) is 7.30. The Balaban J connectivity index is 1.92. The number of hydrogen-bond acceptors (Lipinski definition) is 4. The van der Waals surface area contributed by atoms with Crippen molar-refractivity contribution < 1.29 is 9.90 Å². The van der Waals surface area contributed by atoms with Gasteiger partial charge in [-0.25, -0.2) is 14.5 Å². The molecule has 0 saturated carbocycles. The van der Waals surface area contributed by atoms with Crippen LogP contribution in [-0.2, 0) is 0 Å². The van der Waals surface area contributed by atoms with Gasteiger partial charge < -0.3 is 10.4 Å².